The van der Waals surface area contributed by atoms with Crippen molar-refractivity contribution < 1.29 is 19.8 Å². The molecule has 1 aliphatic carbocycles. The molecule has 1 aliphatic rings. The number of carboxylic acid groups (broad SMARTS) is 1. The van der Waals surface area contributed by atoms with E-state index in [1.807, 2.05) is 6.92 Å². The van der Waals surface area contributed by atoms with E-state index in [9.17, 15) is 19.8 Å². The molecular formula is C15H19NO4. The van der Waals surface area contributed by atoms with E-state index in [-0.39, 0.29) is 17.6 Å². The molecule has 5 heteroatoms. The topological polar surface area (TPSA) is 77.8 Å². The van der Waals surface area contributed by atoms with E-state index in [4.69, 9.17) is 0 Å². The van der Waals surface area contributed by atoms with Crippen molar-refractivity contribution in [2.24, 2.45) is 17.8 Å². The second-order valence-corrected chi connectivity index (χ2v) is 5.54. The highest BCUT2D eigenvalue weighted by molar-refractivity contribution is 5.97. The Kier molecular flexibility index (Phi) is 3.97. The van der Waals surface area contributed by atoms with E-state index in [0.717, 1.165) is 0 Å². The van der Waals surface area contributed by atoms with Gasteiger partial charge in [-0.2, -0.15) is 0 Å². The molecule has 1 fully saturated rings. The van der Waals surface area contributed by atoms with Crippen LogP contribution in [-0.4, -0.2) is 29.1 Å². The molecule has 20 heavy (non-hydrogen) atoms. The largest absolute Gasteiger partial charge is 0.508 e. The SMILES string of the molecule is CC1CC(C(=O)O)C(C(=O)N(C)c2cccc(O)c2)C1. The fourth-order valence-electron chi connectivity index (χ4n) is 2.92. The molecule has 0 aromatic heterocycles. The normalized spacial score (nSPS) is 25.4. The third-order valence-electron chi connectivity index (χ3n) is 3.98. The zero-order valence-electron chi connectivity index (χ0n) is 11.6. The van der Waals surface area contributed by atoms with Crippen LogP contribution in [0.1, 0.15) is 19.8 Å². The molecule has 0 spiro atoms. The molecule has 1 aromatic carbocycles. The Hall–Kier alpha value is -2.04. The molecule has 3 atom stereocenters. The van der Waals surface area contributed by atoms with Gasteiger partial charge < -0.3 is 15.1 Å². The number of carboxylic acids is 1. The number of carbonyl (C=O) groups excluding carboxylic acids is 1. The number of benzene rings is 1. The number of amides is 1. The van der Waals surface area contributed by atoms with Gasteiger partial charge in [0.15, 0.2) is 0 Å². The lowest BCUT2D eigenvalue weighted by Gasteiger charge is -2.23. The third-order valence-corrected chi connectivity index (χ3v) is 3.98. The summed E-state index contributed by atoms with van der Waals surface area (Å²) in [4.78, 5) is 25.2. The Balaban J connectivity index is 2.20. The van der Waals surface area contributed by atoms with Crippen LogP contribution in [0, 0.1) is 17.8 Å². The molecule has 0 saturated heterocycles. The molecular weight excluding hydrogens is 258 g/mol. The van der Waals surface area contributed by atoms with Crippen LogP contribution in [0.4, 0.5) is 5.69 Å². The molecule has 3 unspecified atom stereocenters. The van der Waals surface area contributed by atoms with Crippen molar-refractivity contribution in [2.45, 2.75) is 19.8 Å². The summed E-state index contributed by atoms with van der Waals surface area (Å²) < 4.78 is 0. The van der Waals surface area contributed by atoms with Crippen LogP contribution in [0.25, 0.3) is 0 Å². The highest BCUT2D eigenvalue weighted by Crippen LogP contribution is 2.38. The number of phenolic OH excluding ortho intramolecular Hbond substituents is 1. The summed E-state index contributed by atoms with van der Waals surface area (Å²) in [6.07, 6.45) is 1.14. The molecule has 0 bridgehead atoms. The van der Waals surface area contributed by atoms with Crippen molar-refractivity contribution in [3.05, 3.63) is 24.3 Å². The summed E-state index contributed by atoms with van der Waals surface area (Å²) in [7, 11) is 1.61. The number of hydrogen-bond acceptors (Lipinski definition) is 3. The molecule has 2 rings (SSSR count). The molecule has 5 nitrogen and oxygen atoms in total. The van der Waals surface area contributed by atoms with Crippen LogP contribution in [0.15, 0.2) is 24.3 Å². The lowest BCUT2D eigenvalue weighted by molar-refractivity contribution is -0.145. The minimum atomic E-state index is -0.906. The zero-order valence-corrected chi connectivity index (χ0v) is 11.6. The van der Waals surface area contributed by atoms with Crippen molar-refractivity contribution in [3.8, 4) is 5.75 Å². The standard InChI is InChI=1S/C15H19NO4/c1-9-6-12(13(7-9)15(19)20)14(18)16(2)10-4-3-5-11(17)8-10/h3-5,8-9,12-13,17H,6-7H2,1-2H3,(H,19,20). The molecule has 0 aliphatic heterocycles. The van der Waals surface area contributed by atoms with Crippen LogP contribution in [0.3, 0.4) is 0 Å². The van der Waals surface area contributed by atoms with Gasteiger partial charge in [0, 0.05) is 18.8 Å². The predicted molar refractivity (Wildman–Crippen MR) is 74.5 cm³/mol. The van der Waals surface area contributed by atoms with Crippen LogP contribution < -0.4 is 4.90 Å². The van der Waals surface area contributed by atoms with Crippen molar-refractivity contribution >= 4 is 17.6 Å². The molecule has 108 valence electrons. The summed E-state index contributed by atoms with van der Waals surface area (Å²) in [5, 5.41) is 18.7. The first-order chi connectivity index (χ1) is 9.40. The summed E-state index contributed by atoms with van der Waals surface area (Å²) in [6, 6.07) is 6.39. The summed E-state index contributed by atoms with van der Waals surface area (Å²) >= 11 is 0. The van der Waals surface area contributed by atoms with Gasteiger partial charge in [-0.3, -0.25) is 9.59 Å². The fourth-order valence-corrected chi connectivity index (χ4v) is 2.92. The van der Waals surface area contributed by atoms with E-state index < -0.39 is 17.8 Å². The van der Waals surface area contributed by atoms with Crippen molar-refractivity contribution in [1.29, 1.82) is 0 Å². The Bertz CT molecular complexity index is 528. The Labute approximate surface area is 117 Å². The van der Waals surface area contributed by atoms with E-state index in [1.165, 1.54) is 17.0 Å². The number of carbonyl (C=O) groups is 2. The second-order valence-electron chi connectivity index (χ2n) is 5.54. The van der Waals surface area contributed by atoms with Crippen molar-refractivity contribution in [1.82, 2.24) is 0 Å². The predicted octanol–water partition coefficient (Wildman–Crippen LogP) is 2.10. The van der Waals surface area contributed by atoms with Crippen molar-refractivity contribution in [3.63, 3.8) is 0 Å². The lowest BCUT2D eigenvalue weighted by atomic mass is 9.94. The summed E-state index contributed by atoms with van der Waals surface area (Å²) in [5.74, 6) is -1.89. The van der Waals surface area contributed by atoms with Gasteiger partial charge in [-0.05, 0) is 30.9 Å². The van der Waals surface area contributed by atoms with Crippen molar-refractivity contribution in [2.75, 3.05) is 11.9 Å². The third kappa shape index (κ3) is 2.76. The average Bonchev–Trinajstić information content (AvgIpc) is 2.79. The minimum Gasteiger partial charge on any atom is -0.508 e. The molecule has 1 saturated carbocycles. The van der Waals surface area contributed by atoms with E-state index in [1.54, 1.807) is 19.2 Å². The van der Waals surface area contributed by atoms with Gasteiger partial charge in [0.2, 0.25) is 5.91 Å². The first kappa shape index (κ1) is 14.4. The first-order valence-corrected chi connectivity index (χ1v) is 6.69. The lowest BCUT2D eigenvalue weighted by Crippen LogP contribution is -2.36. The number of aromatic hydroxyl groups is 1. The zero-order chi connectivity index (χ0) is 14.9. The fraction of sp³-hybridized carbons (Fsp3) is 0.467. The van der Waals surface area contributed by atoms with Gasteiger partial charge in [0.05, 0.1) is 11.8 Å². The van der Waals surface area contributed by atoms with Crippen LogP contribution >= 0.6 is 0 Å². The first-order valence-electron chi connectivity index (χ1n) is 6.69. The number of rotatable bonds is 3. The number of aliphatic carboxylic acids is 1. The minimum absolute atomic E-state index is 0.0803. The van der Waals surface area contributed by atoms with Crippen LogP contribution in [0.2, 0.25) is 0 Å². The van der Waals surface area contributed by atoms with E-state index >= 15 is 0 Å². The van der Waals surface area contributed by atoms with Crippen LogP contribution in [-0.2, 0) is 9.59 Å². The quantitative estimate of drug-likeness (QED) is 0.887. The maximum Gasteiger partial charge on any atom is 0.307 e. The molecule has 2 N–H and O–H groups in total. The van der Waals surface area contributed by atoms with Gasteiger partial charge in [0.1, 0.15) is 5.75 Å². The highest BCUT2D eigenvalue weighted by atomic mass is 16.4. The number of hydrogen-bond donors (Lipinski definition) is 2. The van der Waals surface area contributed by atoms with Gasteiger partial charge >= 0.3 is 5.97 Å². The van der Waals surface area contributed by atoms with Gasteiger partial charge in [0.25, 0.3) is 0 Å². The van der Waals surface area contributed by atoms with Gasteiger partial charge in [-0.25, -0.2) is 0 Å². The Morgan fingerprint density at radius 1 is 1.25 bits per heavy atom. The molecule has 0 radical (unpaired) electrons. The monoisotopic (exact) mass is 277 g/mol. The molecule has 0 heterocycles. The average molecular weight is 277 g/mol. The smallest absolute Gasteiger partial charge is 0.307 e. The second kappa shape index (κ2) is 5.53. The van der Waals surface area contributed by atoms with Gasteiger partial charge in [-0.1, -0.05) is 13.0 Å². The number of nitrogens with zero attached hydrogens (tertiary/aromatic N) is 1. The number of phenols is 1. The number of anilines is 1. The summed E-state index contributed by atoms with van der Waals surface area (Å²) in [5.41, 5.74) is 0.568. The van der Waals surface area contributed by atoms with Crippen LogP contribution in [0.5, 0.6) is 5.75 Å². The maximum absolute atomic E-state index is 12.5. The van der Waals surface area contributed by atoms with Gasteiger partial charge in [-0.15, -0.1) is 0 Å². The van der Waals surface area contributed by atoms with E-state index in [0.29, 0.717) is 18.5 Å². The molecule has 1 aromatic rings. The Morgan fingerprint density at radius 3 is 2.50 bits per heavy atom. The van der Waals surface area contributed by atoms with E-state index in [2.05, 4.69) is 0 Å². The maximum atomic E-state index is 12.5. The molecule has 1 amide bonds. The highest BCUT2D eigenvalue weighted by Gasteiger charge is 2.42. The Morgan fingerprint density at radius 2 is 1.90 bits per heavy atom. The summed E-state index contributed by atoms with van der Waals surface area (Å²) in [6.45, 7) is 1.97.